The summed E-state index contributed by atoms with van der Waals surface area (Å²) in [6, 6.07) is 0.794. The largest absolute Gasteiger partial charge is 0.390 e. The topological polar surface area (TPSA) is 23.5 Å². The van der Waals surface area contributed by atoms with Crippen molar-refractivity contribution in [3.8, 4) is 0 Å². The molecular formula is C12H25NO. The molecule has 0 saturated heterocycles. The van der Waals surface area contributed by atoms with Crippen LogP contribution in [0.2, 0.25) is 0 Å². The van der Waals surface area contributed by atoms with Crippen molar-refractivity contribution in [1.82, 2.24) is 4.90 Å². The maximum Gasteiger partial charge on any atom is 0.0603 e. The molecule has 1 fully saturated rings. The van der Waals surface area contributed by atoms with Crippen LogP contribution in [0.15, 0.2) is 0 Å². The summed E-state index contributed by atoms with van der Waals surface area (Å²) in [4.78, 5) is 2.53. The zero-order valence-corrected chi connectivity index (χ0v) is 9.92. The molecule has 0 spiro atoms. The van der Waals surface area contributed by atoms with Gasteiger partial charge in [-0.15, -0.1) is 0 Å². The van der Waals surface area contributed by atoms with Crippen molar-refractivity contribution < 1.29 is 5.11 Å². The number of aliphatic hydroxyl groups is 1. The van der Waals surface area contributed by atoms with Gasteiger partial charge >= 0.3 is 0 Å². The van der Waals surface area contributed by atoms with Gasteiger partial charge < -0.3 is 10.0 Å². The van der Waals surface area contributed by atoms with E-state index in [0.29, 0.717) is 0 Å². The molecule has 0 amide bonds. The summed E-state index contributed by atoms with van der Waals surface area (Å²) < 4.78 is 0. The van der Waals surface area contributed by atoms with Gasteiger partial charge in [0.1, 0.15) is 0 Å². The Hall–Kier alpha value is -0.0800. The quantitative estimate of drug-likeness (QED) is 0.735. The fourth-order valence-electron chi connectivity index (χ4n) is 2.29. The van der Waals surface area contributed by atoms with E-state index in [2.05, 4.69) is 11.8 Å². The van der Waals surface area contributed by atoms with Crippen LogP contribution in [-0.4, -0.2) is 34.7 Å². The van der Waals surface area contributed by atoms with Gasteiger partial charge in [0.15, 0.2) is 0 Å². The monoisotopic (exact) mass is 199 g/mol. The van der Waals surface area contributed by atoms with E-state index in [1.807, 2.05) is 13.8 Å². The molecule has 0 bridgehead atoms. The third-order valence-electron chi connectivity index (χ3n) is 3.26. The number of nitrogens with zero attached hydrogens (tertiary/aromatic N) is 1. The van der Waals surface area contributed by atoms with Crippen LogP contribution in [0.4, 0.5) is 0 Å². The van der Waals surface area contributed by atoms with Crippen molar-refractivity contribution in [3.63, 3.8) is 0 Å². The Bertz CT molecular complexity index is 156. The van der Waals surface area contributed by atoms with Gasteiger partial charge in [-0.05, 0) is 39.7 Å². The fourth-order valence-corrected chi connectivity index (χ4v) is 2.29. The molecule has 0 unspecified atom stereocenters. The highest BCUT2D eigenvalue weighted by Gasteiger charge is 2.23. The molecule has 1 rings (SSSR count). The Morgan fingerprint density at radius 3 is 2.29 bits per heavy atom. The van der Waals surface area contributed by atoms with Crippen LogP contribution in [0.3, 0.4) is 0 Å². The molecule has 0 aromatic heterocycles. The van der Waals surface area contributed by atoms with Gasteiger partial charge in [-0.2, -0.15) is 0 Å². The molecule has 0 aliphatic heterocycles. The Labute approximate surface area is 88.3 Å². The van der Waals surface area contributed by atoms with Crippen LogP contribution in [-0.2, 0) is 0 Å². The van der Waals surface area contributed by atoms with Crippen LogP contribution in [0.1, 0.15) is 52.9 Å². The smallest absolute Gasteiger partial charge is 0.0603 e. The van der Waals surface area contributed by atoms with Crippen LogP contribution in [0, 0.1) is 0 Å². The second kappa shape index (κ2) is 5.13. The molecule has 0 aromatic rings. The third-order valence-corrected chi connectivity index (χ3v) is 3.26. The molecule has 0 radical (unpaired) electrons. The first-order chi connectivity index (χ1) is 6.53. The first-order valence-corrected chi connectivity index (χ1v) is 5.99. The van der Waals surface area contributed by atoms with Gasteiger partial charge in [0.2, 0.25) is 0 Å². The Morgan fingerprint density at radius 2 is 1.86 bits per heavy atom. The van der Waals surface area contributed by atoms with E-state index in [4.69, 9.17) is 0 Å². The molecule has 1 aliphatic carbocycles. The number of rotatable bonds is 5. The molecule has 2 heteroatoms. The van der Waals surface area contributed by atoms with Gasteiger partial charge in [-0.25, -0.2) is 0 Å². The summed E-state index contributed by atoms with van der Waals surface area (Å²) in [5.41, 5.74) is -0.508. The van der Waals surface area contributed by atoms with Gasteiger partial charge in [-0.1, -0.05) is 19.8 Å². The average molecular weight is 199 g/mol. The summed E-state index contributed by atoms with van der Waals surface area (Å²) in [6.07, 6.45) is 6.39. The van der Waals surface area contributed by atoms with E-state index in [0.717, 1.165) is 25.6 Å². The van der Waals surface area contributed by atoms with E-state index >= 15 is 0 Å². The van der Waals surface area contributed by atoms with Crippen LogP contribution in [0.5, 0.6) is 0 Å². The molecule has 84 valence electrons. The Kier molecular flexibility index (Phi) is 4.39. The van der Waals surface area contributed by atoms with Crippen LogP contribution < -0.4 is 0 Å². The summed E-state index contributed by atoms with van der Waals surface area (Å²) in [5.74, 6) is 0. The van der Waals surface area contributed by atoms with Crippen molar-refractivity contribution in [3.05, 3.63) is 0 Å². The highest BCUT2D eigenvalue weighted by Crippen LogP contribution is 2.24. The minimum atomic E-state index is -0.508. The fraction of sp³-hybridized carbons (Fsp3) is 1.00. The average Bonchev–Trinajstić information content (AvgIpc) is 2.56. The van der Waals surface area contributed by atoms with Crippen molar-refractivity contribution in [2.24, 2.45) is 0 Å². The lowest BCUT2D eigenvalue weighted by Crippen LogP contribution is -2.37. The molecule has 2 nitrogen and oxygen atoms in total. The first-order valence-electron chi connectivity index (χ1n) is 5.99. The van der Waals surface area contributed by atoms with Crippen molar-refractivity contribution >= 4 is 0 Å². The van der Waals surface area contributed by atoms with E-state index in [1.165, 1.54) is 25.7 Å². The predicted octanol–water partition coefficient (Wildman–Crippen LogP) is 2.41. The van der Waals surface area contributed by atoms with Gasteiger partial charge in [-0.3, -0.25) is 0 Å². The molecule has 0 atom stereocenters. The Balaban J connectivity index is 2.31. The maximum absolute atomic E-state index is 9.68. The highest BCUT2D eigenvalue weighted by atomic mass is 16.3. The molecule has 14 heavy (non-hydrogen) atoms. The maximum atomic E-state index is 9.68. The van der Waals surface area contributed by atoms with Crippen LogP contribution in [0.25, 0.3) is 0 Å². The summed E-state index contributed by atoms with van der Waals surface area (Å²) in [5, 5.41) is 9.68. The minimum absolute atomic E-state index is 0.508. The molecule has 0 aromatic carbocycles. The lowest BCUT2D eigenvalue weighted by atomic mass is 10.0. The number of hydrogen-bond donors (Lipinski definition) is 1. The first kappa shape index (κ1) is 12.0. The van der Waals surface area contributed by atoms with Crippen molar-refractivity contribution in [2.45, 2.75) is 64.5 Å². The zero-order valence-electron chi connectivity index (χ0n) is 9.92. The molecule has 1 N–H and O–H groups in total. The summed E-state index contributed by atoms with van der Waals surface area (Å²) in [7, 11) is 0. The molecule has 0 heterocycles. The van der Waals surface area contributed by atoms with Gasteiger partial charge in [0, 0.05) is 12.6 Å². The summed E-state index contributed by atoms with van der Waals surface area (Å²) >= 11 is 0. The van der Waals surface area contributed by atoms with E-state index in [1.54, 1.807) is 0 Å². The second-order valence-electron chi connectivity index (χ2n) is 5.13. The van der Waals surface area contributed by atoms with Crippen molar-refractivity contribution in [2.75, 3.05) is 13.1 Å². The zero-order chi connectivity index (χ0) is 10.6. The third kappa shape index (κ3) is 3.97. The molecular weight excluding hydrogens is 174 g/mol. The minimum Gasteiger partial charge on any atom is -0.390 e. The normalized spacial score (nSPS) is 19.5. The van der Waals surface area contributed by atoms with E-state index in [-0.39, 0.29) is 0 Å². The SMILES string of the molecule is CCN(CCC(C)(C)O)C1CCCC1. The second-order valence-corrected chi connectivity index (χ2v) is 5.13. The van der Waals surface area contributed by atoms with Crippen molar-refractivity contribution in [1.29, 1.82) is 0 Å². The predicted molar refractivity (Wildman–Crippen MR) is 60.4 cm³/mol. The lowest BCUT2D eigenvalue weighted by Gasteiger charge is -2.30. The molecule has 1 aliphatic rings. The van der Waals surface area contributed by atoms with Gasteiger partial charge in [0.05, 0.1) is 5.60 Å². The Morgan fingerprint density at radius 1 is 1.29 bits per heavy atom. The van der Waals surface area contributed by atoms with Gasteiger partial charge in [0.25, 0.3) is 0 Å². The standard InChI is InChI=1S/C12H25NO/c1-4-13(10-9-12(2,3)14)11-7-5-6-8-11/h11,14H,4-10H2,1-3H3. The van der Waals surface area contributed by atoms with E-state index < -0.39 is 5.60 Å². The highest BCUT2D eigenvalue weighted by molar-refractivity contribution is 4.78. The number of hydrogen-bond acceptors (Lipinski definition) is 2. The van der Waals surface area contributed by atoms with Crippen LogP contribution >= 0.6 is 0 Å². The summed E-state index contributed by atoms with van der Waals surface area (Å²) in [6.45, 7) is 8.19. The lowest BCUT2D eigenvalue weighted by molar-refractivity contribution is 0.0521. The van der Waals surface area contributed by atoms with E-state index in [9.17, 15) is 5.11 Å². The molecule has 1 saturated carbocycles.